The van der Waals surface area contributed by atoms with E-state index in [4.69, 9.17) is 9.68 Å². The van der Waals surface area contributed by atoms with E-state index in [2.05, 4.69) is 5.32 Å². The molecule has 0 amide bonds. The van der Waals surface area contributed by atoms with Crippen LogP contribution in [0.15, 0.2) is 34.9 Å². The maximum absolute atomic E-state index is 13.6. The van der Waals surface area contributed by atoms with Gasteiger partial charge in [-0.05, 0) is 31.2 Å². The average Bonchev–Trinajstić information content (AvgIpc) is 2.87. The van der Waals surface area contributed by atoms with Crippen LogP contribution in [0.1, 0.15) is 24.3 Å². The maximum atomic E-state index is 13.6. The largest absolute Gasteiger partial charge is 0.467 e. The van der Waals surface area contributed by atoms with E-state index in [1.807, 2.05) is 0 Å². The summed E-state index contributed by atoms with van der Waals surface area (Å²) in [5, 5.41) is 11.3. The van der Waals surface area contributed by atoms with Gasteiger partial charge in [0.2, 0.25) is 0 Å². The highest BCUT2D eigenvalue weighted by atomic mass is 19.1. The van der Waals surface area contributed by atoms with Gasteiger partial charge in [0.1, 0.15) is 11.4 Å². The Morgan fingerprint density at radius 1 is 1.33 bits per heavy atom. The van der Waals surface area contributed by atoms with Gasteiger partial charge in [-0.3, -0.25) is 0 Å². The summed E-state index contributed by atoms with van der Waals surface area (Å²) in [6.07, 6.45) is 1.49. The Labute approximate surface area is 103 Å². The third-order valence-corrected chi connectivity index (χ3v) is 2.50. The van der Waals surface area contributed by atoms with Crippen molar-refractivity contribution in [3.05, 3.63) is 53.5 Å². The molecule has 1 aromatic carbocycles. The number of nitrogens with zero attached hydrogens (tertiary/aromatic N) is 1. The molecule has 0 aliphatic heterocycles. The topological polar surface area (TPSA) is 49.0 Å². The molecule has 2 rings (SSSR count). The van der Waals surface area contributed by atoms with E-state index in [1.54, 1.807) is 25.1 Å². The van der Waals surface area contributed by atoms with Crippen LogP contribution in [0.2, 0.25) is 0 Å². The van der Waals surface area contributed by atoms with E-state index < -0.39 is 11.6 Å². The predicted octanol–water partition coefficient (Wildman–Crippen LogP) is 3.60. The lowest BCUT2D eigenvalue weighted by atomic mass is 10.1. The second kappa shape index (κ2) is 4.88. The normalized spacial score (nSPS) is 11.9. The van der Waals surface area contributed by atoms with Gasteiger partial charge in [0.25, 0.3) is 0 Å². The molecular weight excluding hydrogens is 238 g/mol. The van der Waals surface area contributed by atoms with Crippen molar-refractivity contribution in [2.24, 2.45) is 0 Å². The van der Waals surface area contributed by atoms with E-state index in [-0.39, 0.29) is 17.3 Å². The first-order valence-corrected chi connectivity index (χ1v) is 5.31. The van der Waals surface area contributed by atoms with Crippen LogP contribution in [0.5, 0.6) is 0 Å². The minimum Gasteiger partial charge on any atom is -0.467 e. The van der Waals surface area contributed by atoms with Gasteiger partial charge in [0, 0.05) is 0 Å². The molecular formula is C13H10F2N2O. The van der Waals surface area contributed by atoms with Gasteiger partial charge in [0.15, 0.2) is 11.6 Å². The molecule has 92 valence electrons. The minimum absolute atomic E-state index is 0.0544. The number of nitriles is 1. The van der Waals surface area contributed by atoms with Crippen molar-refractivity contribution in [2.75, 3.05) is 5.32 Å². The zero-order chi connectivity index (χ0) is 13.1. The van der Waals surface area contributed by atoms with Crippen LogP contribution in [0, 0.1) is 23.0 Å². The molecule has 1 unspecified atom stereocenters. The standard InChI is InChI=1S/C13H10F2N2O/c1-8(12-3-2-4-18-12)17-13-10(14)5-9(7-16)6-11(13)15/h2-6,8,17H,1H3. The van der Waals surface area contributed by atoms with Crippen LogP contribution in [0.4, 0.5) is 14.5 Å². The Hall–Kier alpha value is -2.35. The van der Waals surface area contributed by atoms with Crippen molar-refractivity contribution in [1.82, 2.24) is 0 Å². The summed E-state index contributed by atoms with van der Waals surface area (Å²) in [6, 6.07) is 6.68. The SMILES string of the molecule is CC(Nc1c(F)cc(C#N)cc1F)c1ccco1. The van der Waals surface area contributed by atoms with Crippen molar-refractivity contribution in [2.45, 2.75) is 13.0 Å². The van der Waals surface area contributed by atoms with E-state index in [9.17, 15) is 8.78 Å². The molecule has 0 saturated carbocycles. The fraction of sp³-hybridized carbons (Fsp3) is 0.154. The highest BCUT2D eigenvalue weighted by Gasteiger charge is 2.15. The Bertz CT molecular complexity index is 565. The van der Waals surface area contributed by atoms with E-state index >= 15 is 0 Å². The van der Waals surface area contributed by atoms with Crippen molar-refractivity contribution in [1.29, 1.82) is 5.26 Å². The van der Waals surface area contributed by atoms with Crippen LogP contribution in [-0.2, 0) is 0 Å². The van der Waals surface area contributed by atoms with Gasteiger partial charge in [-0.15, -0.1) is 0 Å². The summed E-state index contributed by atoms with van der Waals surface area (Å²) in [6.45, 7) is 1.72. The molecule has 0 saturated heterocycles. The summed E-state index contributed by atoms with van der Waals surface area (Å²) in [5.41, 5.74) is -0.320. The highest BCUT2D eigenvalue weighted by Crippen LogP contribution is 2.25. The summed E-state index contributed by atoms with van der Waals surface area (Å²) in [5.74, 6) is -1.03. The summed E-state index contributed by atoms with van der Waals surface area (Å²) >= 11 is 0. The monoisotopic (exact) mass is 248 g/mol. The summed E-state index contributed by atoms with van der Waals surface area (Å²) in [7, 11) is 0. The smallest absolute Gasteiger partial charge is 0.150 e. The number of anilines is 1. The quantitative estimate of drug-likeness (QED) is 0.902. The number of hydrogen-bond donors (Lipinski definition) is 1. The Kier molecular flexibility index (Phi) is 3.28. The van der Waals surface area contributed by atoms with Crippen LogP contribution in [0.25, 0.3) is 0 Å². The van der Waals surface area contributed by atoms with Gasteiger partial charge in [-0.2, -0.15) is 5.26 Å². The number of furan rings is 1. The second-order valence-corrected chi connectivity index (χ2v) is 3.81. The third kappa shape index (κ3) is 2.33. The van der Waals surface area contributed by atoms with Gasteiger partial charge < -0.3 is 9.73 Å². The van der Waals surface area contributed by atoms with Crippen LogP contribution >= 0.6 is 0 Å². The Morgan fingerprint density at radius 3 is 2.50 bits per heavy atom. The Morgan fingerprint density at radius 2 is 2.00 bits per heavy atom. The molecule has 1 N–H and O–H groups in total. The number of nitrogens with one attached hydrogen (secondary N) is 1. The number of halogens is 2. The molecule has 0 bridgehead atoms. The fourth-order valence-electron chi connectivity index (χ4n) is 1.60. The maximum Gasteiger partial charge on any atom is 0.150 e. The van der Waals surface area contributed by atoms with Crippen LogP contribution in [-0.4, -0.2) is 0 Å². The number of benzene rings is 1. The molecule has 5 heteroatoms. The van der Waals surface area contributed by atoms with Crippen molar-refractivity contribution in [3.63, 3.8) is 0 Å². The Balaban J connectivity index is 2.27. The van der Waals surface area contributed by atoms with Crippen molar-refractivity contribution in [3.8, 4) is 6.07 Å². The van der Waals surface area contributed by atoms with Gasteiger partial charge in [-0.25, -0.2) is 8.78 Å². The number of rotatable bonds is 3. The number of hydrogen-bond acceptors (Lipinski definition) is 3. The highest BCUT2D eigenvalue weighted by molar-refractivity contribution is 5.51. The van der Waals surface area contributed by atoms with Crippen molar-refractivity contribution < 1.29 is 13.2 Å². The first-order chi connectivity index (χ1) is 8.61. The molecule has 18 heavy (non-hydrogen) atoms. The molecule has 0 fully saturated rings. The molecule has 0 spiro atoms. The second-order valence-electron chi connectivity index (χ2n) is 3.81. The van der Waals surface area contributed by atoms with Crippen LogP contribution < -0.4 is 5.32 Å². The van der Waals surface area contributed by atoms with Gasteiger partial charge >= 0.3 is 0 Å². The molecule has 0 aliphatic carbocycles. The zero-order valence-electron chi connectivity index (χ0n) is 9.58. The predicted molar refractivity (Wildman–Crippen MR) is 61.8 cm³/mol. The summed E-state index contributed by atoms with van der Waals surface area (Å²) in [4.78, 5) is 0. The first kappa shape index (κ1) is 12.1. The first-order valence-electron chi connectivity index (χ1n) is 5.31. The van der Waals surface area contributed by atoms with E-state index in [0.29, 0.717) is 5.76 Å². The lowest BCUT2D eigenvalue weighted by Gasteiger charge is -2.14. The molecule has 0 radical (unpaired) electrons. The summed E-state index contributed by atoms with van der Waals surface area (Å²) < 4.78 is 32.4. The molecule has 1 aromatic heterocycles. The molecule has 2 aromatic rings. The van der Waals surface area contributed by atoms with Gasteiger partial charge in [0.05, 0.1) is 23.9 Å². The molecule has 0 aliphatic rings. The lowest BCUT2D eigenvalue weighted by Crippen LogP contribution is -2.09. The van der Waals surface area contributed by atoms with E-state index in [0.717, 1.165) is 12.1 Å². The third-order valence-electron chi connectivity index (χ3n) is 2.50. The van der Waals surface area contributed by atoms with Crippen molar-refractivity contribution >= 4 is 5.69 Å². The fourth-order valence-corrected chi connectivity index (χ4v) is 1.60. The average molecular weight is 248 g/mol. The lowest BCUT2D eigenvalue weighted by molar-refractivity contribution is 0.487. The zero-order valence-corrected chi connectivity index (χ0v) is 9.58. The molecule has 1 heterocycles. The van der Waals surface area contributed by atoms with Gasteiger partial charge in [-0.1, -0.05) is 0 Å². The molecule has 3 nitrogen and oxygen atoms in total. The van der Waals surface area contributed by atoms with E-state index in [1.165, 1.54) is 6.26 Å². The molecule has 1 atom stereocenters. The minimum atomic E-state index is -0.801. The van der Waals surface area contributed by atoms with Crippen LogP contribution in [0.3, 0.4) is 0 Å².